The molecule has 0 N–H and O–H groups in total. The number of rotatable bonds is 13. The molecule has 0 amide bonds. The summed E-state index contributed by atoms with van der Waals surface area (Å²) in [5.41, 5.74) is 5.18. The molecule has 2 aromatic carbocycles. The molecule has 5 atom stereocenters. The first kappa shape index (κ1) is 33.8. The number of alkyl halides is 1. The Kier molecular flexibility index (Phi) is 11.6. The summed E-state index contributed by atoms with van der Waals surface area (Å²) in [5.74, 6) is 1.23. The van der Waals surface area contributed by atoms with Crippen LogP contribution in [0, 0.1) is 5.92 Å². The molecule has 236 valence electrons. The van der Waals surface area contributed by atoms with E-state index < -0.39 is 8.32 Å². The van der Waals surface area contributed by atoms with Crippen LogP contribution < -0.4 is 4.74 Å². The SMILES string of the molecule is COC(=O)CCC/C=C\C[C@@H]1[C@@H](c2ccc3c(c2)CCC3OCc2ccc(OC)cc2)[C@H](O[Si](C)(C)C(C)(C)C)C[C@H]1Cl. The van der Waals surface area contributed by atoms with Crippen LogP contribution in [0.25, 0.3) is 0 Å². The van der Waals surface area contributed by atoms with Crippen molar-refractivity contribution in [1.29, 1.82) is 0 Å². The first-order chi connectivity index (χ1) is 20.4. The summed E-state index contributed by atoms with van der Waals surface area (Å²) in [6, 6.07) is 15.1. The van der Waals surface area contributed by atoms with Gasteiger partial charge in [-0.1, -0.05) is 63.3 Å². The van der Waals surface area contributed by atoms with E-state index in [1.54, 1.807) is 7.11 Å². The van der Waals surface area contributed by atoms with Crippen molar-refractivity contribution in [2.24, 2.45) is 5.92 Å². The van der Waals surface area contributed by atoms with Gasteiger partial charge in [-0.25, -0.2) is 0 Å². The number of unbranched alkanes of at least 4 members (excludes halogenated alkanes) is 1. The third kappa shape index (κ3) is 8.53. The highest BCUT2D eigenvalue weighted by molar-refractivity contribution is 6.74. The highest BCUT2D eigenvalue weighted by atomic mass is 35.5. The van der Waals surface area contributed by atoms with Gasteiger partial charge in [0, 0.05) is 17.7 Å². The second-order valence-corrected chi connectivity index (χ2v) is 19.0. The van der Waals surface area contributed by atoms with Crippen LogP contribution in [-0.2, 0) is 31.7 Å². The number of allylic oxidation sites excluding steroid dienone is 2. The monoisotopic (exact) mass is 626 g/mol. The number of carbonyl (C=O) groups is 1. The summed E-state index contributed by atoms with van der Waals surface area (Å²) in [6.45, 7) is 12.2. The van der Waals surface area contributed by atoms with Crippen LogP contribution >= 0.6 is 11.6 Å². The molecule has 0 aromatic heterocycles. The molecule has 43 heavy (non-hydrogen) atoms. The average molecular weight is 627 g/mol. The molecular weight excluding hydrogens is 576 g/mol. The minimum Gasteiger partial charge on any atom is -0.497 e. The molecule has 0 aliphatic heterocycles. The van der Waals surface area contributed by atoms with E-state index in [1.807, 2.05) is 12.1 Å². The lowest BCUT2D eigenvalue weighted by atomic mass is 9.84. The number of esters is 1. The highest BCUT2D eigenvalue weighted by Gasteiger charge is 2.48. The van der Waals surface area contributed by atoms with E-state index in [0.29, 0.717) is 13.0 Å². The van der Waals surface area contributed by atoms with Gasteiger partial charge in [-0.15, -0.1) is 11.6 Å². The Bertz CT molecular complexity index is 1240. The number of ether oxygens (including phenoxy) is 3. The minimum absolute atomic E-state index is 0.0494. The van der Waals surface area contributed by atoms with Gasteiger partial charge in [0.05, 0.1) is 33.0 Å². The number of benzene rings is 2. The first-order valence-corrected chi connectivity index (χ1v) is 19.2. The van der Waals surface area contributed by atoms with E-state index in [-0.39, 0.29) is 40.4 Å². The number of hydrogen-bond donors (Lipinski definition) is 0. The number of fused-ring (bicyclic) bond motifs is 1. The minimum atomic E-state index is -2.00. The first-order valence-electron chi connectivity index (χ1n) is 15.8. The summed E-state index contributed by atoms with van der Waals surface area (Å²) in [7, 11) is 1.13. The highest BCUT2D eigenvalue weighted by Crippen LogP contribution is 2.50. The molecular formula is C36H51ClO5Si. The molecule has 0 radical (unpaired) electrons. The fourth-order valence-corrected chi connectivity index (χ4v) is 8.00. The Balaban J connectivity index is 1.50. The molecule has 0 heterocycles. The van der Waals surface area contributed by atoms with Gasteiger partial charge < -0.3 is 18.6 Å². The van der Waals surface area contributed by atoms with Crippen LogP contribution in [0.2, 0.25) is 18.1 Å². The lowest BCUT2D eigenvalue weighted by Gasteiger charge is -2.40. The normalized spacial score (nSPS) is 24.0. The predicted octanol–water partition coefficient (Wildman–Crippen LogP) is 9.29. The fraction of sp³-hybridized carbons (Fsp3) is 0.583. The Labute approximate surface area is 265 Å². The number of aryl methyl sites for hydroxylation is 1. The summed E-state index contributed by atoms with van der Waals surface area (Å²) in [5, 5.41) is 0.178. The van der Waals surface area contributed by atoms with E-state index in [1.165, 1.54) is 23.8 Å². The van der Waals surface area contributed by atoms with Crippen LogP contribution in [0.3, 0.4) is 0 Å². The zero-order chi connectivity index (χ0) is 31.2. The molecule has 2 aliphatic rings. The van der Waals surface area contributed by atoms with Crippen molar-refractivity contribution in [2.75, 3.05) is 14.2 Å². The Morgan fingerprint density at radius 3 is 2.49 bits per heavy atom. The zero-order valence-electron chi connectivity index (χ0n) is 27.2. The average Bonchev–Trinajstić information content (AvgIpc) is 3.51. The van der Waals surface area contributed by atoms with Crippen LogP contribution in [0.4, 0.5) is 0 Å². The summed E-state index contributed by atoms with van der Waals surface area (Å²) in [6.07, 6.45) is 10.6. The number of halogens is 1. The van der Waals surface area contributed by atoms with Crippen molar-refractivity contribution >= 4 is 25.9 Å². The molecule has 4 rings (SSSR count). The van der Waals surface area contributed by atoms with Crippen molar-refractivity contribution in [2.45, 2.75) is 114 Å². The van der Waals surface area contributed by atoms with Gasteiger partial charge in [-0.05, 0) is 97.0 Å². The van der Waals surface area contributed by atoms with Crippen LogP contribution in [0.15, 0.2) is 54.6 Å². The molecule has 0 spiro atoms. The molecule has 1 saturated carbocycles. The molecule has 0 bridgehead atoms. The third-order valence-corrected chi connectivity index (χ3v) is 14.8. The van der Waals surface area contributed by atoms with Crippen molar-refractivity contribution in [1.82, 2.24) is 0 Å². The van der Waals surface area contributed by atoms with Gasteiger partial charge in [0.25, 0.3) is 0 Å². The Hall–Kier alpha value is -2.12. The summed E-state index contributed by atoms with van der Waals surface area (Å²) < 4.78 is 23.6. The van der Waals surface area contributed by atoms with E-state index in [9.17, 15) is 4.79 Å². The van der Waals surface area contributed by atoms with Gasteiger partial charge in [-0.2, -0.15) is 0 Å². The van der Waals surface area contributed by atoms with Gasteiger partial charge in [-0.3, -0.25) is 4.79 Å². The van der Waals surface area contributed by atoms with Crippen LogP contribution in [0.5, 0.6) is 5.75 Å². The molecule has 2 aliphatic carbocycles. The lowest BCUT2D eigenvalue weighted by molar-refractivity contribution is -0.140. The van der Waals surface area contributed by atoms with Gasteiger partial charge in [0.15, 0.2) is 8.32 Å². The van der Waals surface area contributed by atoms with Gasteiger partial charge in [0.2, 0.25) is 0 Å². The summed E-state index contributed by atoms with van der Waals surface area (Å²) in [4.78, 5) is 11.5. The fourth-order valence-electron chi connectivity index (χ4n) is 6.21. The number of hydrogen-bond acceptors (Lipinski definition) is 5. The van der Waals surface area contributed by atoms with E-state index >= 15 is 0 Å². The van der Waals surface area contributed by atoms with Crippen molar-refractivity contribution in [3.8, 4) is 5.75 Å². The standard InChI is InChI=1S/C36H51ClO5Si/c1-36(2,3)43(6,7)42-33-23-31(37)30(12-10-8-9-11-13-34(38)40-5)35(33)27-16-20-29-26(22-27)17-21-32(29)41-24-25-14-18-28(39-4)19-15-25/h8,10,14-16,18-20,22,30-33,35H,9,11-13,17,21,23-24H2,1-7H3/b10-8-/t30-,31+,32?,33+,35+/m0/s1. The summed E-state index contributed by atoms with van der Waals surface area (Å²) >= 11 is 7.13. The molecule has 5 nitrogen and oxygen atoms in total. The molecule has 7 heteroatoms. The quantitative estimate of drug-likeness (QED) is 0.0729. The molecule has 1 unspecified atom stereocenters. The van der Waals surface area contributed by atoms with Crippen molar-refractivity contribution < 1.29 is 23.4 Å². The topological polar surface area (TPSA) is 54.0 Å². The predicted molar refractivity (Wildman–Crippen MR) is 177 cm³/mol. The van der Waals surface area contributed by atoms with Crippen molar-refractivity contribution in [3.63, 3.8) is 0 Å². The van der Waals surface area contributed by atoms with E-state index in [4.69, 9.17) is 30.2 Å². The third-order valence-electron chi connectivity index (χ3n) is 9.78. The largest absolute Gasteiger partial charge is 0.497 e. The maximum Gasteiger partial charge on any atom is 0.305 e. The maximum atomic E-state index is 11.5. The number of methoxy groups -OCH3 is 2. The van der Waals surface area contributed by atoms with E-state index in [2.05, 4.69) is 76.3 Å². The van der Waals surface area contributed by atoms with Gasteiger partial charge in [0.1, 0.15) is 5.75 Å². The van der Waals surface area contributed by atoms with Crippen molar-refractivity contribution in [3.05, 3.63) is 76.9 Å². The zero-order valence-corrected chi connectivity index (χ0v) is 28.9. The van der Waals surface area contributed by atoms with Gasteiger partial charge >= 0.3 is 5.97 Å². The number of carbonyl (C=O) groups excluding carboxylic acids is 1. The lowest BCUT2D eigenvalue weighted by Crippen LogP contribution is -2.44. The smallest absolute Gasteiger partial charge is 0.305 e. The van der Waals surface area contributed by atoms with Crippen LogP contribution in [-0.4, -0.2) is 40.0 Å². The maximum absolute atomic E-state index is 11.5. The second kappa shape index (κ2) is 14.8. The Morgan fingerprint density at radius 1 is 1.07 bits per heavy atom. The molecule has 0 saturated heterocycles. The Morgan fingerprint density at radius 2 is 1.81 bits per heavy atom. The molecule has 1 fully saturated rings. The van der Waals surface area contributed by atoms with Crippen LogP contribution in [0.1, 0.15) is 93.6 Å². The molecule has 2 aromatic rings. The second-order valence-electron chi connectivity index (χ2n) is 13.7. The van der Waals surface area contributed by atoms with E-state index in [0.717, 1.165) is 49.8 Å².